The van der Waals surface area contributed by atoms with Crippen molar-refractivity contribution in [3.8, 4) is 0 Å². The molecule has 0 radical (unpaired) electrons. The summed E-state index contributed by atoms with van der Waals surface area (Å²) in [7, 11) is 5.18. The lowest BCUT2D eigenvalue weighted by Crippen LogP contribution is -2.25. The first-order valence-corrected chi connectivity index (χ1v) is 7.77. The zero-order valence-corrected chi connectivity index (χ0v) is 12.1. The Labute approximate surface area is 108 Å². The Kier molecular flexibility index (Phi) is 9.03. The molecule has 0 saturated heterocycles. The summed E-state index contributed by atoms with van der Waals surface area (Å²) in [6.07, 6.45) is 3.70. The van der Waals surface area contributed by atoms with Crippen LogP contribution in [-0.2, 0) is 4.18 Å². The Balaban J connectivity index is 3.95. The molecule has 5 heteroatoms. The van der Waals surface area contributed by atoms with Gasteiger partial charge in [0.2, 0.25) is 0 Å². The summed E-state index contributed by atoms with van der Waals surface area (Å²) in [5.74, 6) is 0.623. The van der Waals surface area contributed by atoms with Gasteiger partial charge in [-0.2, -0.15) is 0 Å². The van der Waals surface area contributed by atoms with Crippen LogP contribution in [-0.4, -0.2) is 32.1 Å². The van der Waals surface area contributed by atoms with Gasteiger partial charge in [0, 0.05) is 47.0 Å². The number of halogens is 1. The molecule has 15 heavy (non-hydrogen) atoms. The molecule has 3 nitrogen and oxygen atoms in total. The second kappa shape index (κ2) is 9.11. The van der Waals surface area contributed by atoms with Gasteiger partial charge in [-0.25, -0.2) is 0 Å². The van der Waals surface area contributed by atoms with Gasteiger partial charge in [0.1, 0.15) is 15.0 Å². The largest absolute Gasteiger partial charge is 0.416 e. The van der Waals surface area contributed by atoms with Crippen molar-refractivity contribution >= 4 is 30.4 Å². The Hall–Kier alpha value is -0.140. The third kappa shape index (κ3) is 7.75. The van der Waals surface area contributed by atoms with Gasteiger partial charge in [0.15, 0.2) is 0 Å². The highest BCUT2D eigenvalue weighted by molar-refractivity contribution is 14.2. The molecule has 0 saturated carbocycles. The number of allylic oxidation sites excluding steroid dienone is 2. The highest BCUT2D eigenvalue weighted by atomic mass is 127. The number of nitrogens with zero attached hydrogens (tertiary/aromatic N) is 1. The maximum atomic E-state index is 5.10. The zero-order chi connectivity index (χ0) is 11.7. The molecule has 0 rings (SSSR count). The van der Waals surface area contributed by atoms with Crippen LogP contribution >= 0.6 is 30.4 Å². The van der Waals surface area contributed by atoms with Gasteiger partial charge in [0.05, 0.1) is 0 Å². The molecule has 0 unspecified atom stereocenters. The second-order valence-corrected chi connectivity index (χ2v) is 4.33. The average Bonchev–Trinajstić information content (AvgIpc) is 2.22. The number of hydrogen-bond donors (Lipinski definition) is 1. The van der Waals surface area contributed by atoms with Gasteiger partial charge < -0.3 is 14.4 Å². The summed E-state index contributed by atoms with van der Waals surface area (Å²) >= 11 is 2.05. The number of hydrogen-bond acceptors (Lipinski definition) is 4. The maximum absolute atomic E-state index is 5.10. The lowest BCUT2D eigenvalue weighted by Gasteiger charge is -2.18. The first-order valence-electron chi connectivity index (χ1n) is 4.48. The van der Waals surface area contributed by atoms with Gasteiger partial charge >= 0.3 is 0 Å². The molecular formula is C10H17IN2OS. The predicted octanol–water partition coefficient (Wildman–Crippen LogP) is 2.74. The SMILES string of the molecule is C=C(/C=C\C(=C)N(C)CCNC)OSI. The first-order chi connectivity index (χ1) is 7.11. The summed E-state index contributed by atoms with van der Waals surface area (Å²) in [6, 6.07) is 0. The smallest absolute Gasteiger partial charge is 0.131 e. The fourth-order valence-electron chi connectivity index (χ4n) is 0.808. The van der Waals surface area contributed by atoms with Crippen LogP contribution < -0.4 is 5.32 Å². The van der Waals surface area contributed by atoms with Crippen molar-refractivity contribution in [2.24, 2.45) is 0 Å². The highest BCUT2D eigenvalue weighted by Gasteiger charge is 1.97. The molecular weight excluding hydrogens is 323 g/mol. The van der Waals surface area contributed by atoms with E-state index in [1.807, 2.05) is 26.2 Å². The van der Waals surface area contributed by atoms with Crippen LogP contribution in [0.25, 0.3) is 0 Å². The molecule has 0 fully saturated rings. The third-order valence-electron chi connectivity index (χ3n) is 1.79. The van der Waals surface area contributed by atoms with E-state index in [1.165, 1.54) is 9.21 Å². The van der Waals surface area contributed by atoms with E-state index in [9.17, 15) is 0 Å². The summed E-state index contributed by atoms with van der Waals surface area (Å²) in [5.41, 5.74) is 0.938. The fraction of sp³-hybridized carbons (Fsp3) is 0.400. The summed E-state index contributed by atoms with van der Waals surface area (Å²) in [6.45, 7) is 9.54. The van der Waals surface area contributed by atoms with Crippen molar-refractivity contribution in [3.05, 3.63) is 36.8 Å². The average molecular weight is 340 g/mol. The topological polar surface area (TPSA) is 24.5 Å². The Morgan fingerprint density at radius 2 is 2.20 bits per heavy atom. The summed E-state index contributed by atoms with van der Waals surface area (Å²) in [5, 5.41) is 3.09. The molecule has 0 atom stereocenters. The standard InChI is InChI=1S/C10H17IN2OS/c1-9(13(4)8-7-12-3)5-6-10(2)14-15-11/h5-6,12H,1-2,7-8H2,3-4H3/b6-5-. The molecule has 0 aliphatic rings. The van der Waals surface area contributed by atoms with Crippen molar-refractivity contribution in [2.45, 2.75) is 0 Å². The van der Waals surface area contributed by atoms with Crippen molar-refractivity contribution in [3.63, 3.8) is 0 Å². The monoisotopic (exact) mass is 340 g/mol. The quantitative estimate of drug-likeness (QED) is 0.318. The molecule has 0 bridgehead atoms. The van der Waals surface area contributed by atoms with E-state index >= 15 is 0 Å². The molecule has 0 spiro atoms. The molecule has 86 valence electrons. The molecule has 0 amide bonds. The van der Waals surface area contributed by atoms with Crippen LogP contribution in [0.15, 0.2) is 36.8 Å². The van der Waals surface area contributed by atoms with E-state index in [2.05, 4.69) is 44.6 Å². The number of nitrogens with one attached hydrogen (secondary N) is 1. The van der Waals surface area contributed by atoms with Crippen LogP contribution in [0.1, 0.15) is 0 Å². The van der Waals surface area contributed by atoms with E-state index < -0.39 is 0 Å². The first kappa shape index (κ1) is 14.9. The summed E-state index contributed by atoms with van der Waals surface area (Å²) < 4.78 is 5.10. The third-order valence-corrected chi connectivity index (χ3v) is 2.60. The molecule has 0 aromatic rings. The van der Waals surface area contributed by atoms with E-state index in [0.717, 1.165) is 18.8 Å². The van der Waals surface area contributed by atoms with Gasteiger partial charge in [-0.05, 0) is 19.2 Å². The predicted molar refractivity (Wildman–Crippen MR) is 76.7 cm³/mol. The molecule has 0 aliphatic heterocycles. The minimum atomic E-state index is 0.623. The van der Waals surface area contributed by atoms with Crippen LogP contribution in [0.2, 0.25) is 0 Å². The van der Waals surface area contributed by atoms with Crippen LogP contribution in [0.3, 0.4) is 0 Å². The van der Waals surface area contributed by atoms with E-state index in [1.54, 1.807) is 0 Å². The number of likely N-dealkylation sites (N-methyl/N-ethyl adjacent to an activating group) is 2. The zero-order valence-electron chi connectivity index (χ0n) is 9.12. The van der Waals surface area contributed by atoms with Gasteiger partial charge in [-0.1, -0.05) is 13.2 Å². The van der Waals surface area contributed by atoms with Crippen LogP contribution in [0.4, 0.5) is 0 Å². The van der Waals surface area contributed by atoms with Crippen molar-refractivity contribution in [1.29, 1.82) is 0 Å². The lowest BCUT2D eigenvalue weighted by molar-refractivity contribution is 0.428. The van der Waals surface area contributed by atoms with Gasteiger partial charge in [-0.3, -0.25) is 0 Å². The van der Waals surface area contributed by atoms with E-state index in [-0.39, 0.29) is 0 Å². The molecule has 0 aromatic heterocycles. The Bertz CT molecular complexity index is 244. The van der Waals surface area contributed by atoms with E-state index in [0.29, 0.717) is 5.76 Å². The Morgan fingerprint density at radius 3 is 2.73 bits per heavy atom. The maximum Gasteiger partial charge on any atom is 0.131 e. The van der Waals surface area contributed by atoms with Crippen LogP contribution in [0.5, 0.6) is 0 Å². The highest BCUT2D eigenvalue weighted by Crippen LogP contribution is 2.17. The Morgan fingerprint density at radius 1 is 1.53 bits per heavy atom. The van der Waals surface area contributed by atoms with Crippen LogP contribution in [0, 0.1) is 0 Å². The van der Waals surface area contributed by atoms with Gasteiger partial charge in [0.25, 0.3) is 0 Å². The van der Waals surface area contributed by atoms with Crippen molar-refractivity contribution in [2.75, 3.05) is 27.2 Å². The van der Waals surface area contributed by atoms with Crippen molar-refractivity contribution in [1.82, 2.24) is 10.2 Å². The minimum absolute atomic E-state index is 0.623. The fourth-order valence-corrected chi connectivity index (χ4v) is 1.64. The summed E-state index contributed by atoms with van der Waals surface area (Å²) in [4.78, 5) is 2.07. The second-order valence-electron chi connectivity index (χ2n) is 2.96. The van der Waals surface area contributed by atoms with Gasteiger partial charge in [-0.15, -0.1) is 0 Å². The van der Waals surface area contributed by atoms with Crippen molar-refractivity contribution < 1.29 is 4.18 Å². The molecule has 0 heterocycles. The van der Waals surface area contributed by atoms with E-state index in [4.69, 9.17) is 4.18 Å². The minimum Gasteiger partial charge on any atom is -0.416 e. The normalized spacial score (nSPS) is 10.3. The molecule has 1 N–H and O–H groups in total. The molecule has 0 aliphatic carbocycles. The molecule has 0 aromatic carbocycles. The number of rotatable bonds is 8. The lowest BCUT2D eigenvalue weighted by atomic mass is 10.3.